The predicted octanol–water partition coefficient (Wildman–Crippen LogP) is 0.723. The molecule has 1 aromatic rings. The van der Waals surface area contributed by atoms with Gasteiger partial charge < -0.3 is 16.1 Å². The van der Waals surface area contributed by atoms with E-state index < -0.39 is 0 Å². The molecule has 6 nitrogen and oxygen atoms in total. The van der Waals surface area contributed by atoms with Crippen LogP contribution in [-0.2, 0) is 0 Å². The number of rotatable bonds is 3. The Hall–Kier alpha value is -1.56. The molecule has 0 radical (unpaired) electrons. The van der Waals surface area contributed by atoms with Crippen LogP contribution in [0.2, 0.25) is 0 Å². The molecular formula is C10H18N6. The molecule has 0 amide bonds. The molecule has 0 unspecified atom stereocenters. The summed E-state index contributed by atoms with van der Waals surface area (Å²) in [5.74, 6) is 6.95. The number of nitrogens with one attached hydrogen (secondary N) is 1. The molecule has 0 aromatic carbocycles. The topological polar surface area (TPSA) is 93.1 Å². The summed E-state index contributed by atoms with van der Waals surface area (Å²) >= 11 is 0. The van der Waals surface area contributed by atoms with Gasteiger partial charge in [0, 0.05) is 19.2 Å². The van der Waals surface area contributed by atoms with Crippen LogP contribution in [0.1, 0.15) is 25.7 Å². The lowest BCUT2D eigenvalue weighted by molar-refractivity contribution is 0.646. The number of hydrogen-bond donors (Lipinski definition) is 3. The van der Waals surface area contributed by atoms with Crippen molar-refractivity contribution in [1.82, 2.24) is 9.97 Å². The van der Waals surface area contributed by atoms with E-state index in [-0.39, 0.29) is 5.95 Å². The van der Waals surface area contributed by atoms with Crippen molar-refractivity contribution in [1.29, 1.82) is 0 Å². The molecule has 1 fully saturated rings. The lowest BCUT2D eigenvalue weighted by Crippen LogP contribution is -2.30. The molecule has 0 spiro atoms. The zero-order valence-electron chi connectivity index (χ0n) is 9.48. The fourth-order valence-corrected chi connectivity index (χ4v) is 2.19. The quantitative estimate of drug-likeness (QED) is 0.515. The molecule has 16 heavy (non-hydrogen) atoms. The highest BCUT2D eigenvalue weighted by molar-refractivity contribution is 5.52. The summed E-state index contributed by atoms with van der Waals surface area (Å²) in [6.45, 7) is 0. The maximum Gasteiger partial charge on any atom is 0.223 e. The summed E-state index contributed by atoms with van der Waals surface area (Å²) < 4.78 is 0. The molecule has 0 saturated heterocycles. The van der Waals surface area contributed by atoms with Gasteiger partial charge in [-0.15, -0.1) is 0 Å². The second-order valence-corrected chi connectivity index (χ2v) is 4.16. The lowest BCUT2D eigenvalue weighted by atomic mass is 10.2. The van der Waals surface area contributed by atoms with E-state index in [0.29, 0.717) is 11.9 Å². The van der Waals surface area contributed by atoms with Crippen LogP contribution in [0.15, 0.2) is 6.07 Å². The van der Waals surface area contributed by atoms with Crippen LogP contribution in [0, 0.1) is 0 Å². The molecule has 88 valence electrons. The predicted molar refractivity (Wildman–Crippen MR) is 64.9 cm³/mol. The van der Waals surface area contributed by atoms with E-state index in [1.54, 1.807) is 0 Å². The minimum Gasteiger partial charge on any atom is -0.368 e. The molecular weight excluding hydrogens is 204 g/mol. The molecule has 6 heteroatoms. The van der Waals surface area contributed by atoms with Gasteiger partial charge in [-0.05, 0) is 12.8 Å². The van der Waals surface area contributed by atoms with Gasteiger partial charge in [0.2, 0.25) is 5.95 Å². The first-order chi connectivity index (χ1) is 7.70. The fraction of sp³-hybridized carbons (Fsp3) is 0.600. The van der Waals surface area contributed by atoms with Crippen LogP contribution >= 0.6 is 0 Å². The van der Waals surface area contributed by atoms with Crippen LogP contribution in [-0.4, -0.2) is 23.1 Å². The maximum absolute atomic E-state index is 5.63. The van der Waals surface area contributed by atoms with Gasteiger partial charge in [0.1, 0.15) is 11.6 Å². The SMILES string of the molecule is CN(c1cc(NN)nc(N)n1)C1CCCC1. The van der Waals surface area contributed by atoms with Gasteiger partial charge in [-0.3, -0.25) is 0 Å². The number of hydrazine groups is 1. The molecule has 0 bridgehead atoms. The zero-order chi connectivity index (χ0) is 11.5. The van der Waals surface area contributed by atoms with E-state index in [1.165, 1.54) is 25.7 Å². The number of nitrogens with zero attached hydrogens (tertiary/aromatic N) is 3. The summed E-state index contributed by atoms with van der Waals surface area (Å²) in [6.07, 6.45) is 5.01. The Morgan fingerprint density at radius 2 is 2.06 bits per heavy atom. The molecule has 1 aliphatic carbocycles. The van der Waals surface area contributed by atoms with E-state index in [1.807, 2.05) is 13.1 Å². The van der Waals surface area contributed by atoms with E-state index in [0.717, 1.165) is 5.82 Å². The summed E-state index contributed by atoms with van der Waals surface area (Å²) in [6, 6.07) is 2.37. The van der Waals surface area contributed by atoms with Gasteiger partial charge in [0.25, 0.3) is 0 Å². The summed E-state index contributed by atoms with van der Waals surface area (Å²) in [7, 11) is 2.04. The Kier molecular flexibility index (Phi) is 3.09. The number of nitrogen functional groups attached to an aromatic ring is 2. The smallest absolute Gasteiger partial charge is 0.223 e. The average molecular weight is 222 g/mol. The Labute approximate surface area is 95.0 Å². The molecule has 0 atom stereocenters. The van der Waals surface area contributed by atoms with Gasteiger partial charge >= 0.3 is 0 Å². The maximum atomic E-state index is 5.63. The molecule has 1 heterocycles. The van der Waals surface area contributed by atoms with Gasteiger partial charge in [-0.1, -0.05) is 12.8 Å². The summed E-state index contributed by atoms with van der Waals surface area (Å²) in [5.41, 5.74) is 8.12. The Morgan fingerprint density at radius 1 is 1.38 bits per heavy atom. The van der Waals surface area contributed by atoms with Gasteiger partial charge in [-0.25, -0.2) is 5.84 Å². The van der Waals surface area contributed by atoms with E-state index in [4.69, 9.17) is 11.6 Å². The van der Waals surface area contributed by atoms with Gasteiger partial charge in [0.05, 0.1) is 0 Å². The van der Waals surface area contributed by atoms with Crippen molar-refractivity contribution in [2.45, 2.75) is 31.7 Å². The first-order valence-corrected chi connectivity index (χ1v) is 5.54. The highest BCUT2D eigenvalue weighted by Crippen LogP contribution is 2.26. The van der Waals surface area contributed by atoms with Gasteiger partial charge in [0.15, 0.2) is 0 Å². The minimum absolute atomic E-state index is 0.246. The fourth-order valence-electron chi connectivity index (χ4n) is 2.19. The van der Waals surface area contributed by atoms with Crippen molar-refractivity contribution in [2.24, 2.45) is 5.84 Å². The summed E-state index contributed by atoms with van der Waals surface area (Å²) in [5, 5.41) is 0. The number of hydrogen-bond acceptors (Lipinski definition) is 6. The summed E-state index contributed by atoms with van der Waals surface area (Å²) in [4.78, 5) is 10.3. The number of anilines is 3. The third-order valence-electron chi connectivity index (χ3n) is 3.11. The van der Waals surface area contributed by atoms with Crippen LogP contribution in [0.5, 0.6) is 0 Å². The molecule has 5 N–H and O–H groups in total. The van der Waals surface area contributed by atoms with Gasteiger partial charge in [-0.2, -0.15) is 9.97 Å². The van der Waals surface area contributed by atoms with Crippen molar-refractivity contribution >= 4 is 17.6 Å². The number of aromatic nitrogens is 2. The minimum atomic E-state index is 0.246. The second-order valence-electron chi connectivity index (χ2n) is 4.16. The van der Waals surface area contributed by atoms with Crippen molar-refractivity contribution < 1.29 is 0 Å². The highest BCUT2D eigenvalue weighted by Gasteiger charge is 2.21. The van der Waals surface area contributed by atoms with Crippen LogP contribution in [0.4, 0.5) is 17.6 Å². The molecule has 1 aliphatic rings. The monoisotopic (exact) mass is 222 g/mol. The van der Waals surface area contributed by atoms with Crippen molar-refractivity contribution in [3.05, 3.63) is 6.07 Å². The third-order valence-corrected chi connectivity index (χ3v) is 3.11. The standard InChI is InChI=1S/C10H18N6/c1-16(7-4-2-3-5-7)9-6-8(15-12)13-10(11)14-9/h6-7H,2-5,12H2,1H3,(H3,11,13,14,15). The molecule has 0 aliphatic heterocycles. The second kappa shape index (κ2) is 4.52. The van der Waals surface area contributed by atoms with Crippen LogP contribution in [0.25, 0.3) is 0 Å². The van der Waals surface area contributed by atoms with E-state index >= 15 is 0 Å². The average Bonchev–Trinajstić information content (AvgIpc) is 2.80. The Balaban J connectivity index is 2.21. The molecule has 2 rings (SSSR count). The molecule has 1 saturated carbocycles. The van der Waals surface area contributed by atoms with Crippen LogP contribution in [0.3, 0.4) is 0 Å². The normalized spacial score (nSPS) is 16.4. The van der Waals surface area contributed by atoms with Crippen molar-refractivity contribution in [2.75, 3.05) is 23.1 Å². The third kappa shape index (κ3) is 2.16. The van der Waals surface area contributed by atoms with E-state index in [9.17, 15) is 0 Å². The first-order valence-electron chi connectivity index (χ1n) is 5.54. The first kappa shape index (κ1) is 10.9. The number of nitrogens with two attached hydrogens (primary N) is 2. The molecule has 1 aromatic heterocycles. The van der Waals surface area contributed by atoms with Crippen LogP contribution < -0.4 is 21.9 Å². The van der Waals surface area contributed by atoms with E-state index in [2.05, 4.69) is 20.3 Å². The largest absolute Gasteiger partial charge is 0.368 e. The lowest BCUT2D eigenvalue weighted by Gasteiger charge is -2.25. The van der Waals surface area contributed by atoms with Crippen molar-refractivity contribution in [3.63, 3.8) is 0 Å². The van der Waals surface area contributed by atoms with Crippen molar-refractivity contribution in [3.8, 4) is 0 Å². The Morgan fingerprint density at radius 3 is 2.69 bits per heavy atom. The highest BCUT2D eigenvalue weighted by atomic mass is 15.3. The zero-order valence-corrected chi connectivity index (χ0v) is 9.48. The Bertz CT molecular complexity index is 360.